The fraction of sp³-hybridized carbons (Fsp3) is 0.412. The molecule has 130 valence electrons. The van der Waals surface area contributed by atoms with Gasteiger partial charge in [0.05, 0.1) is 6.10 Å². The number of rotatable bonds is 4. The Hall–Kier alpha value is -2.74. The van der Waals surface area contributed by atoms with Crippen molar-refractivity contribution < 1.29 is 9.53 Å². The molecule has 2 aromatic rings. The van der Waals surface area contributed by atoms with Crippen LogP contribution in [0.25, 0.3) is 0 Å². The van der Waals surface area contributed by atoms with E-state index >= 15 is 0 Å². The van der Waals surface area contributed by atoms with Crippen LogP contribution in [0.1, 0.15) is 23.3 Å². The van der Waals surface area contributed by atoms with Gasteiger partial charge in [-0.2, -0.15) is 0 Å². The summed E-state index contributed by atoms with van der Waals surface area (Å²) in [6.07, 6.45) is 1.93. The molecule has 1 aromatic heterocycles. The van der Waals surface area contributed by atoms with Gasteiger partial charge in [-0.3, -0.25) is 14.2 Å². The highest BCUT2D eigenvalue weighted by Gasteiger charge is 2.27. The van der Waals surface area contributed by atoms with Gasteiger partial charge in [-0.05, 0) is 25.0 Å². The molecule has 0 radical (unpaired) electrons. The second kappa shape index (κ2) is 6.64. The van der Waals surface area contributed by atoms with Crippen LogP contribution in [0.5, 0.6) is 0 Å². The van der Waals surface area contributed by atoms with Gasteiger partial charge < -0.3 is 15.0 Å². The Morgan fingerprint density at radius 1 is 1.24 bits per heavy atom. The SMILES string of the molecule is O=C(NCC1CCCO1)c1nnc2n(c1=O)CCN2c1ccccc1. The molecule has 0 bridgehead atoms. The first kappa shape index (κ1) is 15.8. The van der Waals surface area contributed by atoms with E-state index < -0.39 is 11.5 Å². The van der Waals surface area contributed by atoms with E-state index in [0.29, 0.717) is 25.6 Å². The summed E-state index contributed by atoms with van der Waals surface area (Å²) in [7, 11) is 0. The number of hydrogen-bond donors (Lipinski definition) is 1. The lowest BCUT2D eigenvalue weighted by Crippen LogP contribution is -2.38. The lowest BCUT2D eigenvalue weighted by atomic mass is 10.2. The van der Waals surface area contributed by atoms with Crippen LogP contribution >= 0.6 is 0 Å². The van der Waals surface area contributed by atoms with E-state index in [1.807, 2.05) is 35.2 Å². The van der Waals surface area contributed by atoms with Crippen molar-refractivity contribution in [3.63, 3.8) is 0 Å². The van der Waals surface area contributed by atoms with Crippen molar-refractivity contribution in [3.05, 3.63) is 46.4 Å². The number of nitrogens with zero attached hydrogens (tertiary/aromatic N) is 4. The van der Waals surface area contributed by atoms with Gasteiger partial charge in [0, 0.05) is 31.9 Å². The van der Waals surface area contributed by atoms with Crippen molar-refractivity contribution in [2.45, 2.75) is 25.5 Å². The van der Waals surface area contributed by atoms with E-state index in [9.17, 15) is 9.59 Å². The van der Waals surface area contributed by atoms with Crippen molar-refractivity contribution >= 4 is 17.5 Å². The third-order valence-electron chi connectivity index (χ3n) is 4.51. The quantitative estimate of drug-likeness (QED) is 0.880. The van der Waals surface area contributed by atoms with Gasteiger partial charge in [0.1, 0.15) is 0 Å². The molecule has 3 heterocycles. The molecule has 1 fully saturated rings. The number of fused-ring (bicyclic) bond motifs is 1. The zero-order valence-electron chi connectivity index (χ0n) is 13.7. The van der Waals surface area contributed by atoms with Crippen LogP contribution in [0.4, 0.5) is 11.6 Å². The number of ether oxygens (including phenoxy) is 1. The number of nitrogens with one attached hydrogen (secondary N) is 1. The largest absolute Gasteiger partial charge is 0.376 e. The summed E-state index contributed by atoms with van der Waals surface area (Å²) in [4.78, 5) is 26.8. The molecule has 1 atom stereocenters. The maximum absolute atomic E-state index is 12.6. The zero-order chi connectivity index (χ0) is 17.2. The number of aromatic nitrogens is 3. The molecular formula is C17H19N5O3. The first-order valence-corrected chi connectivity index (χ1v) is 8.44. The maximum atomic E-state index is 12.6. The molecule has 1 saturated heterocycles. The predicted octanol–water partition coefficient (Wildman–Crippen LogP) is 0.699. The Bertz CT molecular complexity index is 830. The van der Waals surface area contributed by atoms with Crippen LogP contribution in [0.15, 0.2) is 35.1 Å². The molecule has 8 heteroatoms. The van der Waals surface area contributed by atoms with Crippen molar-refractivity contribution in [3.8, 4) is 0 Å². The molecule has 1 amide bonds. The van der Waals surface area contributed by atoms with Crippen molar-refractivity contribution in [1.82, 2.24) is 20.1 Å². The highest BCUT2D eigenvalue weighted by molar-refractivity contribution is 5.91. The molecule has 1 aromatic carbocycles. The molecule has 1 unspecified atom stereocenters. The summed E-state index contributed by atoms with van der Waals surface area (Å²) in [5.74, 6) is -0.0339. The summed E-state index contributed by atoms with van der Waals surface area (Å²) in [6.45, 7) is 2.20. The van der Waals surface area contributed by atoms with Gasteiger partial charge in [-0.25, -0.2) is 0 Å². The Balaban J connectivity index is 1.54. The number of carbonyl (C=O) groups excluding carboxylic acids is 1. The molecule has 0 aliphatic carbocycles. The first-order valence-electron chi connectivity index (χ1n) is 8.44. The third kappa shape index (κ3) is 3.00. The monoisotopic (exact) mass is 341 g/mol. The maximum Gasteiger partial charge on any atom is 0.286 e. The number of para-hydroxylation sites is 1. The van der Waals surface area contributed by atoms with Crippen LogP contribution < -0.4 is 15.8 Å². The van der Waals surface area contributed by atoms with Crippen LogP contribution in [0.3, 0.4) is 0 Å². The van der Waals surface area contributed by atoms with E-state index in [4.69, 9.17) is 4.74 Å². The zero-order valence-corrected chi connectivity index (χ0v) is 13.7. The third-order valence-corrected chi connectivity index (χ3v) is 4.51. The normalized spacial score (nSPS) is 19.0. The van der Waals surface area contributed by atoms with Crippen LogP contribution in [0.2, 0.25) is 0 Å². The smallest absolute Gasteiger partial charge is 0.286 e. The summed E-state index contributed by atoms with van der Waals surface area (Å²) in [6, 6.07) is 9.68. The van der Waals surface area contributed by atoms with Gasteiger partial charge in [-0.15, -0.1) is 10.2 Å². The highest BCUT2D eigenvalue weighted by Crippen LogP contribution is 2.25. The van der Waals surface area contributed by atoms with Gasteiger partial charge in [0.15, 0.2) is 0 Å². The van der Waals surface area contributed by atoms with Gasteiger partial charge in [0.25, 0.3) is 11.5 Å². The lowest BCUT2D eigenvalue weighted by Gasteiger charge is -2.16. The predicted molar refractivity (Wildman–Crippen MR) is 91.0 cm³/mol. The minimum absolute atomic E-state index is 0.0164. The topological polar surface area (TPSA) is 89.3 Å². The molecule has 0 saturated carbocycles. The molecule has 4 rings (SSSR count). The number of hydrogen-bond acceptors (Lipinski definition) is 6. The van der Waals surface area contributed by atoms with Gasteiger partial charge in [-0.1, -0.05) is 18.2 Å². The standard InChI is InChI=1S/C17H19N5O3/c23-15(18-11-13-7-4-10-25-13)14-16(24)22-9-8-21(17(22)20-19-14)12-5-2-1-3-6-12/h1-3,5-6,13H,4,7-11H2,(H,18,23). The number of benzene rings is 1. The van der Waals surface area contributed by atoms with E-state index in [1.165, 1.54) is 4.57 Å². The van der Waals surface area contributed by atoms with E-state index in [-0.39, 0.29) is 11.8 Å². The van der Waals surface area contributed by atoms with Crippen molar-refractivity contribution in [1.29, 1.82) is 0 Å². The Kier molecular flexibility index (Phi) is 4.19. The summed E-state index contributed by atoms with van der Waals surface area (Å²) < 4.78 is 6.97. The van der Waals surface area contributed by atoms with E-state index in [0.717, 1.165) is 25.1 Å². The number of carbonyl (C=O) groups is 1. The Morgan fingerprint density at radius 3 is 2.84 bits per heavy atom. The molecular weight excluding hydrogens is 322 g/mol. The van der Waals surface area contributed by atoms with Crippen molar-refractivity contribution in [2.75, 3.05) is 24.6 Å². The minimum atomic E-state index is -0.499. The average molecular weight is 341 g/mol. The summed E-state index contributed by atoms with van der Waals surface area (Å²) >= 11 is 0. The Morgan fingerprint density at radius 2 is 2.08 bits per heavy atom. The van der Waals surface area contributed by atoms with E-state index in [1.54, 1.807) is 0 Å². The lowest BCUT2D eigenvalue weighted by molar-refractivity contribution is 0.0851. The fourth-order valence-electron chi connectivity index (χ4n) is 3.20. The van der Waals surface area contributed by atoms with Gasteiger partial charge >= 0.3 is 0 Å². The van der Waals surface area contributed by atoms with Crippen LogP contribution in [0, 0.1) is 0 Å². The average Bonchev–Trinajstić information content (AvgIpc) is 3.31. The van der Waals surface area contributed by atoms with Crippen molar-refractivity contribution in [2.24, 2.45) is 0 Å². The first-order chi connectivity index (χ1) is 12.2. The van der Waals surface area contributed by atoms with Crippen LogP contribution in [-0.4, -0.2) is 46.5 Å². The molecule has 1 N–H and O–H groups in total. The minimum Gasteiger partial charge on any atom is -0.376 e. The summed E-state index contributed by atoms with van der Waals surface area (Å²) in [5, 5.41) is 10.7. The second-order valence-corrected chi connectivity index (χ2v) is 6.14. The van der Waals surface area contributed by atoms with E-state index in [2.05, 4.69) is 15.5 Å². The number of anilines is 2. The molecule has 2 aliphatic heterocycles. The summed E-state index contributed by atoms with van der Waals surface area (Å²) in [5.41, 5.74) is 0.364. The van der Waals surface area contributed by atoms with Gasteiger partial charge in [0.2, 0.25) is 11.6 Å². The fourth-order valence-corrected chi connectivity index (χ4v) is 3.20. The molecule has 2 aliphatic rings. The molecule has 8 nitrogen and oxygen atoms in total. The Labute approximate surface area is 144 Å². The van der Waals surface area contributed by atoms with Crippen LogP contribution in [-0.2, 0) is 11.3 Å². The number of amides is 1. The molecule has 0 spiro atoms. The molecule has 25 heavy (non-hydrogen) atoms. The highest BCUT2D eigenvalue weighted by atomic mass is 16.5. The second-order valence-electron chi connectivity index (χ2n) is 6.14.